The Morgan fingerprint density at radius 1 is 0.773 bits per heavy atom. The Bertz CT molecular complexity index is 235. The molecular formula is C18H37O2PS. The summed E-state index contributed by atoms with van der Waals surface area (Å²) in [6.07, 6.45) is 23.1. The molecule has 132 valence electrons. The van der Waals surface area contributed by atoms with E-state index in [4.69, 9.17) is 9.42 Å². The first-order chi connectivity index (χ1) is 10.8. The van der Waals surface area contributed by atoms with E-state index in [2.05, 4.69) is 31.3 Å². The van der Waals surface area contributed by atoms with Crippen molar-refractivity contribution in [3.63, 3.8) is 0 Å². The lowest BCUT2D eigenvalue weighted by Gasteiger charge is -2.04. The van der Waals surface area contributed by atoms with Crippen LogP contribution in [-0.4, -0.2) is 11.5 Å². The van der Waals surface area contributed by atoms with E-state index in [1.807, 2.05) is 0 Å². The van der Waals surface area contributed by atoms with E-state index in [1.165, 1.54) is 83.5 Å². The summed E-state index contributed by atoms with van der Waals surface area (Å²) in [6, 6.07) is 0. The van der Waals surface area contributed by atoms with Gasteiger partial charge in [-0.25, -0.2) is 0 Å². The van der Waals surface area contributed by atoms with E-state index in [0.717, 1.165) is 6.42 Å². The summed E-state index contributed by atoms with van der Waals surface area (Å²) in [6.45, 7) is 2.92. The van der Waals surface area contributed by atoms with Gasteiger partial charge < -0.3 is 9.42 Å². The van der Waals surface area contributed by atoms with Crippen LogP contribution in [0.1, 0.15) is 96.8 Å². The molecule has 0 rings (SSSR count). The average Bonchev–Trinajstić information content (AvgIpc) is 2.50. The van der Waals surface area contributed by atoms with E-state index in [0.29, 0.717) is 6.61 Å². The third-order valence-electron chi connectivity index (χ3n) is 3.86. The zero-order valence-corrected chi connectivity index (χ0v) is 16.3. The third kappa shape index (κ3) is 20.4. The van der Waals surface area contributed by atoms with Crippen molar-refractivity contribution in [3.8, 4) is 0 Å². The smallest absolute Gasteiger partial charge is 0.232 e. The number of rotatable bonds is 17. The molecule has 1 unspecified atom stereocenters. The molecule has 0 bridgehead atoms. The van der Waals surface area contributed by atoms with Crippen LogP contribution in [0.2, 0.25) is 0 Å². The molecule has 0 aliphatic carbocycles. The van der Waals surface area contributed by atoms with Crippen molar-refractivity contribution in [2.24, 2.45) is 0 Å². The summed E-state index contributed by atoms with van der Waals surface area (Å²) in [7, 11) is -1.46. The Morgan fingerprint density at radius 2 is 1.23 bits per heavy atom. The first-order valence-electron chi connectivity index (χ1n) is 9.23. The molecular weight excluding hydrogens is 311 g/mol. The minimum absolute atomic E-state index is 0.646. The zero-order valence-electron chi connectivity index (χ0n) is 14.5. The highest BCUT2D eigenvalue weighted by Gasteiger charge is 1.96. The zero-order chi connectivity index (χ0) is 16.3. The van der Waals surface area contributed by atoms with Gasteiger partial charge in [0.2, 0.25) is 7.58 Å². The lowest BCUT2D eigenvalue weighted by molar-refractivity contribution is 0.309. The quantitative estimate of drug-likeness (QED) is 0.126. The molecule has 0 aliphatic rings. The highest BCUT2D eigenvalue weighted by molar-refractivity contribution is 8.41. The van der Waals surface area contributed by atoms with E-state index < -0.39 is 7.58 Å². The van der Waals surface area contributed by atoms with Crippen molar-refractivity contribution < 1.29 is 9.42 Å². The molecule has 0 saturated heterocycles. The fourth-order valence-corrected chi connectivity index (χ4v) is 3.03. The Balaban J connectivity index is 3.05. The maximum absolute atomic E-state index is 8.88. The minimum Gasteiger partial charge on any atom is -0.342 e. The predicted molar refractivity (Wildman–Crippen MR) is 104 cm³/mol. The van der Waals surface area contributed by atoms with Crippen LogP contribution in [0.15, 0.2) is 12.2 Å². The van der Waals surface area contributed by atoms with Gasteiger partial charge in [-0.3, -0.25) is 0 Å². The molecule has 0 aromatic heterocycles. The van der Waals surface area contributed by atoms with Crippen molar-refractivity contribution in [3.05, 3.63) is 12.2 Å². The van der Waals surface area contributed by atoms with Crippen LogP contribution >= 0.6 is 19.8 Å². The van der Waals surface area contributed by atoms with Crippen LogP contribution in [-0.2, 0) is 4.52 Å². The second kappa shape index (κ2) is 19.5. The van der Waals surface area contributed by atoms with Gasteiger partial charge in [0.15, 0.2) is 0 Å². The van der Waals surface area contributed by atoms with Gasteiger partial charge in [0.25, 0.3) is 0 Å². The van der Waals surface area contributed by atoms with E-state index >= 15 is 0 Å². The largest absolute Gasteiger partial charge is 0.342 e. The standard InChI is InChI=1S/C18H37O2PS/c1-2-3-4-5-6-7-8-9-10-11-12-13-14-15-16-17-18-20-21(19)22/h9-10,19,22H,2-8,11-18H2,1H3. The summed E-state index contributed by atoms with van der Waals surface area (Å²) in [5.41, 5.74) is 0. The summed E-state index contributed by atoms with van der Waals surface area (Å²) in [5, 5.41) is 0. The first kappa shape index (κ1) is 22.4. The second-order valence-electron chi connectivity index (χ2n) is 6.02. The van der Waals surface area contributed by atoms with Gasteiger partial charge in [-0.1, -0.05) is 89.1 Å². The molecule has 0 aromatic carbocycles. The van der Waals surface area contributed by atoms with Gasteiger partial charge in [-0.2, -0.15) is 0 Å². The maximum atomic E-state index is 8.88. The van der Waals surface area contributed by atoms with Crippen LogP contribution in [0.4, 0.5) is 0 Å². The molecule has 0 saturated carbocycles. The van der Waals surface area contributed by atoms with Gasteiger partial charge >= 0.3 is 0 Å². The number of thiol groups is 1. The fraction of sp³-hybridized carbons (Fsp3) is 0.889. The van der Waals surface area contributed by atoms with Crippen molar-refractivity contribution in [2.75, 3.05) is 6.61 Å². The van der Waals surface area contributed by atoms with Crippen molar-refractivity contribution in [1.29, 1.82) is 0 Å². The van der Waals surface area contributed by atoms with Crippen LogP contribution < -0.4 is 0 Å². The predicted octanol–water partition coefficient (Wildman–Crippen LogP) is 7.19. The van der Waals surface area contributed by atoms with Crippen LogP contribution in [0.3, 0.4) is 0 Å². The Kier molecular flexibility index (Phi) is 19.9. The monoisotopic (exact) mass is 348 g/mol. The molecule has 0 amide bonds. The number of hydrogen-bond acceptors (Lipinski definition) is 3. The molecule has 1 N–H and O–H groups in total. The van der Waals surface area contributed by atoms with E-state index in [-0.39, 0.29) is 0 Å². The molecule has 0 heterocycles. The molecule has 0 aliphatic heterocycles. The molecule has 0 fully saturated rings. The second-order valence-corrected chi connectivity index (χ2v) is 7.81. The van der Waals surface area contributed by atoms with E-state index in [1.54, 1.807) is 0 Å². The Morgan fingerprint density at radius 3 is 1.73 bits per heavy atom. The molecule has 0 spiro atoms. The number of allylic oxidation sites excluding steroid dienone is 2. The van der Waals surface area contributed by atoms with Gasteiger partial charge in [-0.05, 0) is 32.1 Å². The summed E-state index contributed by atoms with van der Waals surface area (Å²) in [4.78, 5) is 8.88. The minimum atomic E-state index is -1.46. The number of hydrogen-bond donors (Lipinski definition) is 2. The van der Waals surface area contributed by atoms with E-state index in [9.17, 15) is 0 Å². The molecule has 0 aromatic rings. The summed E-state index contributed by atoms with van der Waals surface area (Å²) in [5.74, 6) is 0. The van der Waals surface area contributed by atoms with Gasteiger partial charge in [0.1, 0.15) is 0 Å². The third-order valence-corrected chi connectivity index (χ3v) is 4.62. The molecule has 0 radical (unpaired) electrons. The van der Waals surface area contributed by atoms with Crippen molar-refractivity contribution >= 4 is 19.8 Å². The summed E-state index contributed by atoms with van der Waals surface area (Å²) >= 11 is 3.82. The number of unbranched alkanes of at least 4 members (excludes halogenated alkanes) is 12. The lowest BCUT2D eigenvalue weighted by atomic mass is 10.1. The van der Waals surface area contributed by atoms with Crippen molar-refractivity contribution in [2.45, 2.75) is 96.8 Å². The van der Waals surface area contributed by atoms with Gasteiger partial charge in [-0.15, -0.1) is 0 Å². The molecule has 4 heteroatoms. The SMILES string of the molecule is CCCCCCCCC=CCCCCCCCCOP(O)S. The van der Waals surface area contributed by atoms with Crippen LogP contribution in [0.25, 0.3) is 0 Å². The summed E-state index contributed by atoms with van der Waals surface area (Å²) < 4.78 is 5.04. The average molecular weight is 349 g/mol. The topological polar surface area (TPSA) is 29.5 Å². The van der Waals surface area contributed by atoms with Crippen LogP contribution in [0.5, 0.6) is 0 Å². The normalized spacial score (nSPS) is 13.0. The lowest BCUT2D eigenvalue weighted by Crippen LogP contribution is -1.87. The van der Waals surface area contributed by atoms with Crippen LogP contribution in [0, 0.1) is 0 Å². The van der Waals surface area contributed by atoms with Crippen molar-refractivity contribution in [1.82, 2.24) is 0 Å². The Hall–Kier alpha value is 0.440. The highest BCUT2D eigenvalue weighted by Crippen LogP contribution is 2.36. The molecule has 22 heavy (non-hydrogen) atoms. The molecule has 2 nitrogen and oxygen atoms in total. The Labute approximate surface area is 145 Å². The van der Waals surface area contributed by atoms with Gasteiger partial charge in [0.05, 0.1) is 6.61 Å². The fourth-order valence-electron chi connectivity index (χ4n) is 2.50. The highest BCUT2D eigenvalue weighted by atomic mass is 32.7. The molecule has 1 atom stereocenters. The first-order valence-corrected chi connectivity index (χ1v) is 11.6. The van der Waals surface area contributed by atoms with Gasteiger partial charge in [0, 0.05) is 0 Å². The maximum Gasteiger partial charge on any atom is 0.232 e.